The van der Waals surface area contributed by atoms with Gasteiger partial charge < -0.3 is 4.74 Å². The molecule has 0 aliphatic heterocycles. The normalized spacial score (nSPS) is 12.3. The highest BCUT2D eigenvalue weighted by Gasteiger charge is 2.20. The molecular formula is C17H18ClFO. The van der Waals surface area contributed by atoms with Crippen LogP contribution in [0, 0.1) is 26.6 Å². The molecular weight excluding hydrogens is 275 g/mol. The van der Waals surface area contributed by atoms with Crippen LogP contribution in [0.3, 0.4) is 0 Å². The highest BCUT2D eigenvalue weighted by molar-refractivity contribution is 6.23. The van der Waals surface area contributed by atoms with Crippen molar-refractivity contribution in [1.82, 2.24) is 0 Å². The highest BCUT2D eigenvalue weighted by Crippen LogP contribution is 2.38. The summed E-state index contributed by atoms with van der Waals surface area (Å²) in [5.74, 6) is 0.516. The molecule has 0 aromatic heterocycles. The molecule has 1 atom stereocenters. The lowest BCUT2D eigenvalue weighted by molar-refractivity contribution is 0.410. The average molecular weight is 293 g/mol. The molecule has 0 aliphatic rings. The van der Waals surface area contributed by atoms with Crippen LogP contribution in [-0.2, 0) is 0 Å². The first-order valence-corrected chi connectivity index (χ1v) is 6.93. The van der Waals surface area contributed by atoms with E-state index in [9.17, 15) is 4.39 Å². The van der Waals surface area contributed by atoms with E-state index in [1.54, 1.807) is 7.11 Å². The van der Waals surface area contributed by atoms with Gasteiger partial charge in [0.05, 0.1) is 12.5 Å². The molecule has 0 fully saturated rings. The fraction of sp³-hybridized carbons (Fsp3) is 0.294. The maximum absolute atomic E-state index is 13.4. The van der Waals surface area contributed by atoms with Gasteiger partial charge in [-0.05, 0) is 55.7 Å². The second kappa shape index (κ2) is 5.84. The van der Waals surface area contributed by atoms with E-state index in [0.29, 0.717) is 0 Å². The molecule has 3 heteroatoms. The monoisotopic (exact) mass is 292 g/mol. The van der Waals surface area contributed by atoms with Crippen LogP contribution >= 0.6 is 11.6 Å². The van der Waals surface area contributed by atoms with Crippen LogP contribution in [0.1, 0.15) is 33.2 Å². The van der Waals surface area contributed by atoms with Gasteiger partial charge in [-0.15, -0.1) is 11.6 Å². The molecule has 1 nitrogen and oxygen atoms in total. The van der Waals surface area contributed by atoms with E-state index in [1.165, 1.54) is 12.1 Å². The zero-order valence-corrected chi connectivity index (χ0v) is 12.9. The Balaban J connectivity index is 2.57. The molecule has 0 N–H and O–H groups in total. The third-order valence-corrected chi connectivity index (χ3v) is 3.92. The van der Waals surface area contributed by atoms with Gasteiger partial charge in [-0.3, -0.25) is 0 Å². The van der Waals surface area contributed by atoms with E-state index in [-0.39, 0.29) is 11.2 Å². The Bertz CT molecular complexity index is 614. The summed E-state index contributed by atoms with van der Waals surface area (Å²) < 4.78 is 18.8. The first-order valence-electron chi connectivity index (χ1n) is 6.49. The molecule has 0 saturated heterocycles. The maximum atomic E-state index is 13.4. The number of alkyl halides is 1. The molecule has 2 aromatic carbocycles. The van der Waals surface area contributed by atoms with Crippen LogP contribution in [0.2, 0.25) is 0 Å². The van der Waals surface area contributed by atoms with Gasteiger partial charge in [0.2, 0.25) is 0 Å². The Morgan fingerprint density at radius 3 is 2.20 bits per heavy atom. The summed E-state index contributed by atoms with van der Waals surface area (Å²) in [6, 6.07) is 8.93. The number of hydrogen-bond donors (Lipinski definition) is 0. The highest BCUT2D eigenvalue weighted by atomic mass is 35.5. The molecule has 1 unspecified atom stereocenters. The Morgan fingerprint density at radius 1 is 1.05 bits per heavy atom. The van der Waals surface area contributed by atoms with Gasteiger partial charge in [-0.1, -0.05) is 17.7 Å². The topological polar surface area (TPSA) is 9.23 Å². The number of aryl methyl sites for hydroxylation is 3. The second-order valence-electron chi connectivity index (χ2n) is 5.06. The standard InChI is InChI=1S/C17H18ClFO/c1-10-5-6-15(20-4)14(7-10)17(18)16-11(2)8-13(19)9-12(16)3/h5-9,17H,1-4H3. The largest absolute Gasteiger partial charge is 0.496 e. The molecule has 0 amide bonds. The van der Waals surface area contributed by atoms with Gasteiger partial charge in [-0.2, -0.15) is 0 Å². The van der Waals surface area contributed by atoms with E-state index in [1.807, 2.05) is 39.0 Å². The van der Waals surface area contributed by atoms with Crippen molar-refractivity contribution in [3.05, 3.63) is 64.0 Å². The molecule has 0 bridgehead atoms. The van der Waals surface area contributed by atoms with Crippen molar-refractivity contribution >= 4 is 11.6 Å². The van der Waals surface area contributed by atoms with Crippen molar-refractivity contribution in [2.45, 2.75) is 26.1 Å². The summed E-state index contributed by atoms with van der Waals surface area (Å²) in [6.07, 6.45) is 0. The number of hydrogen-bond acceptors (Lipinski definition) is 1. The maximum Gasteiger partial charge on any atom is 0.123 e. The Hall–Kier alpha value is -1.54. The molecule has 0 radical (unpaired) electrons. The summed E-state index contributed by atoms with van der Waals surface area (Å²) in [5, 5.41) is -0.356. The van der Waals surface area contributed by atoms with Crippen LogP contribution in [0.4, 0.5) is 4.39 Å². The number of benzene rings is 2. The SMILES string of the molecule is COc1ccc(C)cc1C(Cl)c1c(C)cc(F)cc1C. The van der Waals surface area contributed by atoms with E-state index < -0.39 is 0 Å². The lowest BCUT2D eigenvalue weighted by Crippen LogP contribution is -2.03. The molecule has 0 spiro atoms. The predicted molar refractivity (Wildman–Crippen MR) is 81.3 cm³/mol. The first-order chi connectivity index (χ1) is 9.43. The van der Waals surface area contributed by atoms with Crippen molar-refractivity contribution < 1.29 is 9.13 Å². The van der Waals surface area contributed by atoms with Crippen LogP contribution in [0.15, 0.2) is 30.3 Å². The molecule has 2 rings (SSSR count). The fourth-order valence-electron chi connectivity index (χ4n) is 2.53. The first kappa shape index (κ1) is 14.9. The van der Waals surface area contributed by atoms with Crippen molar-refractivity contribution in [1.29, 1.82) is 0 Å². The van der Waals surface area contributed by atoms with Crippen LogP contribution in [-0.4, -0.2) is 7.11 Å². The van der Waals surface area contributed by atoms with Gasteiger partial charge >= 0.3 is 0 Å². The smallest absolute Gasteiger partial charge is 0.123 e. The molecule has 2 aromatic rings. The predicted octanol–water partition coefficient (Wildman–Crippen LogP) is 5.09. The van der Waals surface area contributed by atoms with Crippen molar-refractivity contribution in [3.63, 3.8) is 0 Å². The Labute approximate surface area is 124 Å². The van der Waals surface area contributed by atoms with Gasteiger partial charge in [0, 0.05) is 5.56 Å². The number of methoxy groups -OCH3 is 1. The van der Waals surface area contributed by atoms with Crippen LogP contribution in [0.5, 0.6) is 5.75 Å². The van der Waals surface area contributed by atoms with Gasteiger partial charge in [-0.25, -0.2) is 4.39 Å². The number of ether oxygens (including phenoxy) is 1. The minimum Gasteiger partial charge on any atom is -0.496 e. The summed E-state index contributed by atoms with van der Waals surface area (Å²) in [6.45, 7) is 5.77. The van der Waals surface area contributed by atoms with Crippen molar-refractivity contribution in [3.8, 4) is 5.75 Å². The molecule has 106 valence electrons. The van der Waals surface area contributed by atoms with E-state index >= 15 is 0 Å². The number of halogens is 2. The zero-order chi connectivity index (χ0) is 14.9. The average Bonchev–Trinajstić information content (AvgIpc) is 2.37. The van der Waals surface area contributed by atoms with Crippen molar-refractivity contribution in [2.75, 3.05) is 7.11 Å². The molecule has 0 aliphatic carbocycles. The Morgan fingerprint density at radius 2 is 1.65 bits per heavy atom. The van der Waals surface area contributed by atoms with Gasteiger partial charge in [0.15, 0.2) is 0 Å². The number of rotatable bonds is 3. The van der Waals surface area contributed by atoms with E-state index in [2.05, 4.69) is 0 Å². The summed E-state index contributed by atoms with van der Waals surface area (Å²) >= 11 is 6.65. The van der Waals surface area contributed by atoms with Gasteiger partial charge in [0.1, 0.15) is 11.6 Å². The van der Waals surface area contributed by atoms with Crippen LogP contribution < -0.4 is 4.74 Å². The van der Waals surface area contributed by atoms with Crippen molar-refractivity contribution in [2.24, 2.45) is 0 Å². The minimum atomic E-state index is -0.356. The summed E-state index contributed by atoms with van der Waals surface area (Å²) in [4.78, 5) is 0. The van der Waals surface area contributed by atoms with Crippen LogP contribution in [0.25, 0.3) is 0 Å². The fourth-order valence-corrected chi connectivity index (χ4v) is 3.04. The zero-order valence-electron chi connectivity index (χ0n) is 12.1. The molecule has 0 saturated carbocycles. The quantitative estimate of drug-likeness (QED) is 0.716. The Kier molecular flexibility index (Phi) is 4.34. The second-order valence-corrected chi connectivity index (χ2v) is 5.50. The van der Waals surface area contributed by atoms with E-state index in [4.69, 9.17) is 16.3 Å². The summed E-state index contributed by atoms with van der Waals surface area (Å²) in [7, 11) is 1.63. The van der Waals surface area contributed by atoms with E-state index in [0.717, 1.165) is 33.6 Å². The summed E-state index contributed by atoms with van der Waals surface area (Å²) in [5.41, 5.74) is 4.67. The molecule has 20 heavy (non-hydrogen) atoms. The molecule has 0 heterocycles. The lowest BCUT2D eigenvalue weighted by atomic mass is 9.94. The third-order valence-electron chi connectivity index (χ3n) is 3.47. The lowest BCUT2D eigenvalue weighted by Gasteiger charge is -2.19. The van der Waals surface area contributed by atoms with Gasteiger partial charge in [0.25, 0.3) is 0 Å². The third kappa shape index (κ3) is 2.80. The minimum absolute atomic E-state index is 0.233.